The summed E-state index contributed by atoms with van der Waals surface area (Å²) in [6, 6.07) is 4.18. The molecule has 1 aromatic rings. The van der Waals surface area contributed by atoms with Crippen molar-refractivity contribution >= 4 is 47.5 Å². The zero-order valence-electron chi connectivity index (χ0n) is 12.8. The highest BCUT2D eigenvalue weighted by Crippen LogP contribution is 2.19. The first-order valence-electron chi connectivity index (χ1n) is 7.65. The second-order valence-electron chi connectivity index (χ2n) is 5.49. The van der Waals surface area contributed by atoms with Crippen LogP contribution in [0.4, 0.5) is 5.82 Å². The largest absolute Gasteiger partial charge is 0.370 e. The van der Waals surface area contributed by atoms with Crippen molar-refractivity contribution in [3.63, 3.8) is 0 Å². The quantitative estimate of drug-likeness (QED) is 0.450. The Bertz CT molecular complexity index is 498. The molecule has 3 heterocycles. The molecule has 0 atom stereocenters. The van der Waals surface area contributed by atoms with Crippen LogP contribution in [-0.2, 0) is 6.54 Å². The van der Waals surface area contributed by atoms with Gasteiger partial charge in [0.05, 0.1) is 6.54 Å². The monoisotopic (exact) mass is 433 g/mol. The summed E-state index contributed by atoms with van der Waals surface area (Å²) in [5, 5.41) is 0. The third-order valence-electron chi connectivity index (χ3n) is 4.00. The lowest BCUT2D eigenvalue weighted by molar-refractivity contribution is 0.455. The van der Waals surface area contributed by atoms with Gasteiger partial charge in [0.1, 0.15) is 5.82 Å². The molecule has 0 bridgehead atoms. The minimum absolute atomic E-state index is 0. The first-order valence-corrected chi connectivity index (χ1v) is 8.81. The Morgan fingerprint density at radius 3 is 2.68 bits per heavy atom. The first kappa shape index (κ1) is 17.7. The van der Waals surface area contributed by atoms with Crippen molar-refractivity contribution in [2.45, 2.75) is 19.4 Å². The number of nitrogens with zero attached hydrogens (tertiary/aromatic N) is 4. The summed E-state index contributed by atoms with van der Waals surface area (Å²) in [4.78, 5) is 13.5. The number of aliphatic imine (C=N–C) groups is 1. The van der Waals surface area contributed by atoms with Crippen LogP contribution < -0.4 is 10.6 Å². The fourth-order valence-electron chi connectivity index (χ4n) is 2.74. The molecule has 3 rings (SSSR count). The van der Waals surface area contributed by atoms with Gasteiger partial charge in [0.2, 0.25) is 0 Å². The van der Waals surface area contributed by atoms with Gasteiger partial charge in [0, 0.05) is 43.9 Å². The average Bonchev–Trinajstić information content (AvgIpc) is 3.08. The Balaban J connectivity index is 0.00000176. The van der Waals surface area contributed by atoms with E-state index < -0.39 is 0 Å². The van der Waals surface area contributed by atoms with Crippen LogP contribution in [0.2, 0.25) is 0 Å². The van der Waals surface area contributed by atoms with Crippen LogP contribution in [0.25, 0.3) is 0 Å². The number of hydrogen-bond acceptors (Lipinski definition) is 4. The van der Waals surface area contributed by atoms with Gasteiger partial charge in [-0.3, -0.25) is 0 Å². The van der Waals surface area contributed by atoms with Crippen molar-refractivity contribution in [2.24, 2.45) is 10.7 Å². The smallest absolute Gasteiger partial charge is 0.191 e. The van der Waals surface area contributed by atoms with Crippen molar-refractivity contribution in [3.05, 3.63) is 23.9 Å². The first-order chi connectivity index (χ1) is 10.3. The predicted molar refractivity (Wildman–Crippen MR) is 105 cm³/mol. The Hall–Kier alpha value is -0.700. The highest BCUT2D eigenvalue weighted by Gasteiger charge is 2.14. The zero-order valence-corrected chi connectivity index (χ0v) is 15.9. The molecule has 122 valence electrons. The van der Waals surface area contributed by atoms with E-state index in [1.807, 2.05) is 24.0 Å². The molecule has 2 N–H and O–H groups in total. The maximum atomic E-state index is 6.10. The van der Waals surface area contributed by atoms with E-state index in [0.717, 1.165) is 43.5 Å². The number of pyridine rings is 1. The van der Waals surface area contributed by atoms with Crippen molar-refractivity contribution in [1.29, 1.82) is 0 Å². The lowest BCUT2D eigenvalue weighted by Crippen LogP contribution is -2.42. The molecule has 0 saturated carbocycles. The fraction of sp³-hybridized carbons (Fsp3) is 0.600. The molecule has 5 nitrogen and oxygen atoms in total. The maximum absolute atomic E-state index is 6.10. The van der Waals surface area contributed by atoms with Crippen molar-refractivity contribution in [2.75, 3.05) is 42.6 Å². The van der Waals surface area contributed by atoms with Gasteiger partial charge in [0.25, 0.3) is 0 Å². The van der Waals surface area contributed by atoms with Crippen LogP contribution in [0.3, 0.4) is 0 Å². The fourth-order valence-corrected chi connectivity index (χ4v) is 3.65. The SMILES string of the molecule is I.NC(=NCc1ccnc(N2CCCC2)c1)N1CCSCC1. The lowest BCUT2D eigenvalue weighted by atomic mass is 10.2. The molecule has 22 heavy (non-hydrogen) atoms. The number of thioether (sulfide) groups is 1. The van der Waals surface area contributed by atoms with E-state index in [2.05, 4.69) is 25.8 Å². The Morgan fingerprint density at radius 2 is 1.95 bits per heavy atom. The highest BCUT2D eigenvalue weighted by molar-refractivity contribution is 14.0. The van der Waals surface area contributed by atoms with E-state index in [1.165, 1.54) is 18.4 Å². The van der Waals surface area contributed by atoms with E-state index >= 15 is 0 Å². The number of nitrogens with two attached hydrogens (primary N) is 1. The van der Waals surface area contributed by atoms with Crippen LogP contribution in [-0.4, -0.2) is 53.5 Å². The van der Waals surface area contributed by atoms with Gasteiger partial charge in [-0.05, 0) is 30.5 Å². The van der Waals surface area contributed by atoms with Gasteiger partial charge < -0.3 is 15.5 Å². The van der Waals surface area contributed by atoms with E-state index in [0.29, 0.717) is 12.5 Å². The molecule has 2 saturated heterocycles. The molecule has 0 spiro atoms. The van der Waals surface area contributed by atoms with Crippen LogP contribution in [0.1, 0.15) is 18.4 Å². The minimum Gasteiger partial charge on any atom is -0.370 e. The molecular weight excluding hydrogens is 409 g/mol. The van der Waals surface area contributed by atoms with Gasteiger partial charge >= 0.3 is 0 Å². The molecular formula is C15H24IN5S. The van der Waals surface area contributed by atoms with Crippen LogP contribution >= 0.6 is 35.7 Å². The highest BCUT2D eigenvalue weighted by atomic mass is 127. The van der Waals surface area contributed by atoms with Crippen LogP contribution in [0, 0.1) is 0 Å². The summed E-state index contributed by atoms with van der Waals surface area (Å²) < 4.78 is 0. The molecule has 0 amide bonds. The standard InChI is InChI=1S/C15H23N5S.HI/c16-15(20-7-9-21-10-8-20)18-12-13-3-4-17-14(11-13)19-5-1-2-6-19;/h3-4,11H,1-2,5-10,12H2,(H2,16,18);1H. The van der Waals surface area contributed by atoms with Crippen LogP contribution in [0.5, 0.6) is 0 Å². The number of anilines is 1. The second-order valence-corrected chi connectivity index (χ2v) is 6.72. The summed E-state index contributed by atoms with van der Waals surface area (Å²) in [5.74, 6) is 4.04. The summed E-state index contributed by atoms with van der Waals surface area (Å²) in [7, 11) is 0. The van der Waals surface area contributed by atoms with Gasteiger partial charge in [0.15, 0.2) is 5.96 Å². The zero-order chi connectivity index (χ0) is 14.5. The number of rotatable bonds is 3. The number of guanidine groups is 1. The number of halogens is 1. The molecule has 1 aromatic heterocycles. The summed E-state index contributed by atoms with van der Waals surface area (Å²) >= 11 is 1.98. The van der Waals surface area contributed by atoms with Gasteiger partial charge in [-0.1, -0.05) is 0 Å². The topological polar surface area (TPSA) is 57.8 Å². The number of aromatic nitrogens is 1. The van der Waals surface area contributed by atoms with Crippen molar-refractivity contribution < 1.29 is 0 Å². The normalized spacial score (nSPS) is 19.2. The van der Waals surface area contributed by atoms with Crippen LogP contribution in [0.15, 0.2) is 23.3 Å². The molecule has 0 aliphatic carbocycles. The Morgan fingerprint density at radius 1 is 1.23 bits per heavy atom. The number of hydrogen-bond donors (Lipinski definition) is 1. The summed E-state index contributed by atoms with van der Waals surface area (Å²) in [6.07, 6.45) is 4.42. The molecule has 0 radical (unpaired) electrons. The predicted octanol–water partition coefficient (Wildman–Crippen LogP) is 2.16. The van der Waals surface area contributed by atoms with E-state index in [1.54, 1.807) is 0 Å². The molecule has 0 aromatic carbocycles. The Kier molecular flexibility index (Phi) is 7.07. The van der Waals surface area contributed by atoms with Gasteiger partial charge in [-0.25, -0.2) is 9.98 Å². The summed E-state index contributed by atoms with van der Waals surface area (Å²) in [5.41, 5.74) is 7.28. The third kappa shape index (κ3) is 4.65. The second kappa shape index (κ2) is 8.81. The van der Waals surface area contributed by atoms with E-state index in [-0.39, 0.29) is 24.0 Å². The minimum atomic E-state index is 0. The maximum Gasteiger partial charge on any atom is 0.191 e. The molecule has 0 unspecified atom stereocenters. The molecule has 2 aliphatic rings. The summed E-state index contributed by atoms with van der Waals surface area (Å²) in [6.45, 7) is 4.89. The van der Waals surface area contributed by atoms with E-state index in [4.69, 9.17) is 5.73 Å². The van der Waals surface area contributed by atoms with Gasteiger partial charge in [-0.15, -0.1) is 24.0 Å². The van der Waals surface area contributed by atoms with Crippen molar-refractivity contribution in [1.82, 2.24) is 9.88 Å². The lowest BCUT2D eigenvalue weighted by Gasteiger charge is -2.27. The average molecular weight is 433 g/mol. The molecule has 2 fully saturated rings. The third-order valence-corrected chi connectivity index (χ3v) is 4.94. The van der Waals surface area contributed by atoms with Crippen molar-refractivity contribution in [3.8, 4) is 0 Å². The van der Waals surface area contributed by atoms with E-state index in [9.17, 15) is 0 Å². The molecule has 2 aliphatic heterocycles. The Labute approximate surface area is 153 Å². The van der Waals surface area contributed by atoms with Gasteiger partial charge in [-0.2, -0.15) is 11.8 Å². The molecule has 7 heteroatoms.